The van der Waals surface area contributed by atoms with Crippen molar-refractivity contribution in [2.24, 2.45) is 0 Å². The molecule has 5 heteroatoms. The zero-order valence-corrected chi connectivity index (χ0v) is 15.6. The summed E-state index contributed by atoms with van der Waals surface area (Å²) < 4.78 is 10.7. The van der Waals surface area contributed by atoms with Crippen LogP contribution < -0.4 is 14.8 Å². The number of hydrogen-bond donors (Lipinski definition) is 1. The van der Waals surface area contributed by atoms with Gasteiger partial charge in [0.15, 0.2) is 5.78 Å². The molecule has 1 amide bonds. The van der Waals surface area contributed by atoms with Gasteiger partial charge in [-0.25, -0.2) is 0 Å². The van der Waals surface area contributed by atoms with Crippen LogP contribution in [0.3, 0.4) is 0 Å². The van der Waals surface area contributed by atoms with Crippen LogP contribution in [0.2, 0.25) is 0 Å². The van der Waals surface area contributed by atoms with Crippen LogP contribution in [0.25, 0.3) is 0 Å². The average Bonchev–Trinajstić information content (AvgIpc) is 2.77. The largest absolute Gasteiger partial charge is 0.497 e. The van der Waals surface area contributed by atoms with Gasteiger partial charge in [-0.15, -0.1) is 0 Å². The Balaban J connectivity index is 1.59. The lowest BCUT2D eigenvalue weighted by Gasteiger charge is -2.11. The molecule has 0 heterocycles. The van der Waals surface area contributed by atoms with Gasteiger partial charge < -0.3 is 14.8 Å². The first kappa shape index (κ1) is 19.2. The van der Waals surface area contributed by atoms with Gasteiger partial charge in [0.25, 0.3) is 5.91 Å². The number of ketones is 1. The minimum Gasteiger partial charge on any atom is -0.497 e. The summed E-state index contributed by atoms with van der Waals surface area (Å²) in [4.78, 5) is 25.3. The molecule has 0 spiro atoms. The minimum absolute atomic E-state index is 0.180. The highest BCUT2D eigenvalue weighted by Crippen LogP contribution is 2.17. The number of nitrogens with one attached hydrogen (secondary N) is 1. The smallest absolute Gasteiger partial charge is 0.252 e. The summed E-state index contributed by atoms with van der Waals surface area (Å²) in [5.41, 5.74) is 1.27. The third-order valence-electron chi connectivity index (χ3n) is 4.17. The summed E-state index contributed by atoms with van der Waals surface area (Å²) in [7, 11) is 1.60. The molecular formula is C23H21NO4. The Morgan fingerprint density at radius 1 is 0.786 bits per heavy atom. The Morgan fingerprint density at radius 3 is 2.07 bits per heavy atom. The van der Waals surface area contributed by atoms with Gasteiger partial charge in [0.05, 0.1) is 19.2 Å². The molecule has 0 fully saturated rings. The highest BCUT2D eigenvalue weighted by molar-refractivity contribution is 6.15. The van der Waals surface area contributed by atoms with Crippen LogP contribution in [-0.2, 0) is 0 Å². The molecule has 0 unspecified atom stereocenters. The van der Waals surface area contributed by atoms with Crippen LogP contribution in [0.4, 0.5) is 0 Å². The van der Waals surface area contributed by atoms with E-state index >= 15 is 0 Å². The Morgan fingerprint density at radius 2 is 1.39 bits per heavy atom. The van der Waals surface area contributed by atoms with Crippen LogP contribution in [0, 0.1) is 0 Å². The van der Waals surface area contributed by atoms with Crippen molar-refractivity contribution in [3.05, 3.63) is 95.6 Å². The molecule has 0 radical (unpaired) electrons. The normalized spacial score (nSPS) is 10.2. The molecule has 5 nitrogen and oxygen atoms in total. The second kappa shape index (κ2) is 9.37. The number of benzene rings is 3. The molecule has 3 aromatic rings. The average molecular weight is 375 g/mol. The lowest BCUT2D eigenvalue weighted by Crippen LogP contribution is -2.29. The molecule has 3 rings (SSSR count). The molecule has 0 aromatic heterocycles. The summed E-state index contributed by atoms with van der Waals surface area (Å²) >= 11 is 0. The van der Waals surface area contributed by atoms with E-state index in [2.05, 4.69) is 5.32 Å². The zero-order valence-electron chi connectivity index (χ0n) is 15.6. The van der Waals surface area contributed by atoms with E-state index in [0.29, 0.717) is 35.6 Å². The molecule has 1 N–H and O–H groups in total. The molecule has 0 atom stereocenters. The van der Waals surface area contributed by atoms with Crippen molar-refractivity contribution in [3.8, 4) is 11.5 Å². The maximum Gasteiger partial charge on any atom is 0.252 e. The van der Waals surface area contributed by atoms with Crippen molar-refractivity contribution in [2.75, 3.05) is 20.3 Å². The number of carbonyl (C=O) groups is 2. The second-order valence-corrected chi connectivity index (χ2v) is 6.02. The molecule has 142 valence electrons. The molecule has 0 aliphatic rings. The molecule has 0 saturated heterocycles. The second-order valence-electron chi connectivity index (χ2n) is 6.02. The van der Waals surface area contributed by atoms with Gasteiger partial charge in [0.1, 0.15) is 18.1 Å². The molecule has 0 saturated carbocycles. The van der Waals surface area contributed by atoms with E-state index in [1.54, 1.807) is 79.9 Å². The number of rotatable bonds is 8. The van der Waals surface area contributed by atoms with Gasteiger partial charge in [-0.2, -0.15) is 0 Å². The number of carbonyl (C=O) groups excluding carboxylic acids is 2. The van der Waals surface area contributed by atoms with Gasteiger partial charge in [-0.05, 0) is 30.3 Å². The number of methoxy groups -OCH3 is 1. The molecular weight excluding hydrogens is 354 g/mol. The topological polar surface area (TPSA) is 64.6 Å². The first-order valence-electron chi connectivity index (χ1n) is 8.93. The molecule has 0 aliphatic carbocycles. The Labute approximate surface area is 163 Å². The molecule has 0 bridgehead atoms. The summed E-state index contributed by atoms with van der Waals surface area (Å²) in [6.07, 6.45) is 0. The van der Waals surface area contributed by atoms with Crippen molar-refractivity contribution < 1.29 is 19.1 Å². The summed E-state index contributed by atoms with van der Waals surface area (Å²) in [5.74, 6) is 0.953. The van der Waals surface area contributed by atoms with E-state index in [9.17, 15) is 9.59 Å². The minimum atomic E-state index is -0.307. The predicted molar refractivity (Wildman–Crippen MR) is 107 cm³/mol. The van der Waals surface area contributed by atoms with Gasteiger partial charge in [0, 0.05) is 11.1 Å². The zero-order chi connectivity index (χ0) is 19.8. The van der Waals surface area contributed by atoms with Crippen molar-refractivity contribution in [3.63, 3.8) is 0 Å². The standard InChI is InChI=1S/C23H21NO4/c1-27-18-11-13-19(14-12-18)28-16-15-24-23(26)21-10-6-5-9-20(21)22(25)17-7-3-2-4-8-17/h2-14H,15-16H2,1H3,(H,24,26). The number of ether oxygens (including phenoxy) is 2. The lowest BCUT2D eigenvalue weighted by atomic mass is 9.98. The van der Waals surface area contributed by atoms with Gasteiger partial charge in [0.2, 0.25) is 0 Å². The maximum absolute atomic E-state index is 12.7. The van der Waals surface area contributed by atoms with Gasteiger partial charge in [-0.1, -0.05) is 48.5 Å². The Hall–Kier alpha value is -3.60. The van der Waals surface area contributed by atoms with Crippen molar-refractivity contribution in [2.45, 2.75) is 0 Å². The SMILES string of the molecule is COc1ccc(OCCNC(=O)c2ccccc2C(=O)c2ccccc2)cc1. The van der Waals surface area contributed by atoms with E-state index in [0.717, 1.165) is 5.75 Å². The van der Waals surface area contributed by atoms with E-state index in [4.69, 9.17) is 9.47 Å². The predicted octanol–water partition coefficient (Wildman–Crippen LogP) is 3.74. The van der Waals surface area contributed by atoms with Crippen molar-refractivity contribution >= 4 is 11.7 Å². The Bertz CT molecular complexity index is 936. The summed E-state index contributed by atoms with van der Waals surface area (Å²) in [5, 5.41) is 2.80. The van der Waals surface area contributed by atoms with Gasteiger partial charge >= 0.3 is 0 Å². The van der Waals surface area contributed by atoms with Gasteiger partial charge in [-0.3, -0.25) is 9.59 Å². The van der Waals surface area contributed by atoms with E-state index in [1.165, 1.54) is 0 Å². The molecule has 3 aromatic carbocycles. The highest BCUT2D eigenvalue weighted by atomic mass is 16.5. The lowest BCUT2D eigenvalue weighted by molar-refractivity contribution is 0.0936. The third-order valence-corrected chi connectivity index (χ3v) is 4.17. The van der Waals surface area contributed by atoms with Crippen LogP contribution in [0.5, 0.6) is 11.5 Å². The Kier molecular flexibility index (Phi) is 6.41. The van der Waals surface area contributed by atoms with Crippen molar-refractivity contribution in [1.29, 1.82) is 0 Å². The highest BCUT2D eigenvalue weighted by Gasteiger charge is 2.17. The van der Waals surface area contributed by atoms with Crippen LogP contribution in [-0.4, -0.2) is 32.0 Å². The molecule has 0 aliphatic heterocycles. The first-order valence-corrected chi connectivity index (χ1v) is 8.93. The summed E-state index contributed by atoms with van der Waals surface area (Å²) in [6.45, 7) is 0.631. The maximum atomic E-state index is 12.7. The van der Waals surface area contributed by atoms with E-state index in [-0.39, 0.29) is 11.7 Å². The van der Waals surface area contributed by atoms with E-state index < -0.39 is 0 Å². The fourth-order valence-electron chi connectivity index (χ4n) is 2.72. The number of hydrogen-bond acceptors (Lipinski definition) is 4. The quantitative estimate of drug-likeness (QED) is 0.481. The molecule has 28 heavy (non-hydrogen) atoms. The number of amides is 1. The summed E-state index contributed by atoms with van der Waals surface area (Å²) in [6, 6.07) is 22.9. The monoisotopic (exact) mass is 375 g/mol. The van der Waals surface area contributed by atoms with Crippen LogP contribution in [0.15, 0.2) is 78.9 Å². The van der Waals surface area contributed by atoms with Crippen LogP contribution >= 0.6 is 0 Å². The fourth-order valence-corrected chi connectivity index (χ4v) is 2.72. The third kappa shape index (κ3) is 4.76. The fraction of sp³-hybridized carbons (Fsp3) is 0.130. The van der Waals surface area contributed by atoms with E-state index in [1.807, 2.05) is 6.07 Å². The van der Waals surface area contributed by atoms with Crippen LogP contribution in [0.1, 0.15) is 26.3 Å². The first-order chi connectivity index (χ1) is 13.7. The van der Waals surface area contributed by atoms with Crippen molar-refractivity contribution in [1.82, 2.24) is 5.32 Å².